The molecule has 30 heavy (non-hydrogen) atoms. The van der Waals surface area contributed by atoms with Crippen molar-refractivity contribution in [3.8, 4) is 5.82 Å². The Morgan fingerprint density at radius 3 is 2.60 bits per heavy atom. The fraction of sp³-hybridized carbons (Fsp3) is 0.261. The number of halogens is 1. The third-order valence-corrected chi connectivity index (χ3v) is 5.29. The Kier molecular flexibility index (Phi) is 5.86. The van der Waals surface area contributed by atoms with Gasteiger partial charge in [-0.2, -0.15) is 5.10 Å². The predicted octanol–water partition coefficient (Wildman–Crippen LogP) is 4.59. The topological polar surface area (TPSA) is 64.7 Å². The lowest BCUT2D eigenvalue weighted by Gasteiger charge is -2.07. The Hall–Kier alpha value is -3.12. The number of fused-ring (bicyclic) bond motifs is 1. The highest BCUT2D eigenvalue weighted by atomic mass is 35.5. The first-order valence-corrected chi connectivity index (χ1v) is 10.4. The SMILES string of the molecule is Cc1cc(C)c2c(-n3cccc3)nn(CCCC(=O)NCc3ccc(Cl)cc3)c2n1. The zero-order valence-electron chi connectivity index (χ0n) is 17.1. The molecule has 6 nitrogen and oxygen atoms in total. The van der Waals surface area contributed by atoms with Crippen LogP contribution in [0.25, 0.3) is 16.9 Å². The van der Waals surface area contributed by atoms with E-state index in [1.54, 1.807) is 0 Å². The van der Waals surface area contributed by atoms with Gasteiger partial charge in [-0.1, -0.05) is 23.7 Å². The lowest BCUT2D eigenvalue weighted by Crippen LogP contribution is -2.22. The highest BCUT2D eigenvalue weighted by Crippen LogP contribution is 2.25. The summed E-state index contributed by atoms with van der Waals surface area (Å²) in [4.78, 5) is 17.0. The van der Waals surface area contributed by atoms with Crippen LogP contribution in [0.1, 0.15) is 29.7 Å². The first kappa shape index (κ1) is 20.2. The van der Waals surface area contributed by atoms with Gasteiger partial charge in [0.2, 0.25) is 5.91 Å². The molecule has 3 heterocycles. The number of nitrogens with zero attached hydrogens (tertiary/aromatic N) is 4. The van der Waals surface area contributed by atoms with Crippen LogP contribution < -0.4 is 5.32 Å². The monoisotopic (exact) mass is 421 g/mol. The van der Waals surface area contributed by atoms with Gasteiger partial charge < -0.3 is 9.88 Å². The lowest BCUT2D eigenvalue weighted by molar-refractivity contribution is -0.121. The van der Waals surface area contributed by atoms with E-state index in [1.165, 1.54) is 0 Å². The van der Waals surface area contributed by atoms with Crippen LogP contribution in [-0.2, 0) is 17.9 Å². The van der Waals surface area contributed by atoms with Crippen LogP contribution in [0.15, 0.2) is 54.9 Å². The summed E-state index contributed by atoms with van der Waals surface area (Å²) in [7, 11) is 0. The average Bonchev–Trinajstić information content (AvgIpc) is 3.36. The third kappa shape index (κ3) is 4.39. The first-order valence-electron chi connectivity index (χ1n) is 10.0. The van der Waals surface area contributed by atoms with Gasteiger partial charge in [0.1, 0.15) is 0 Å². The minimum atomic E-state index is 0.0207. The van der Waals surface area contributed by atoms with Crippen LogP contribution in [0.4, 0.5) is 0 Å². The molecule has 0 aliphatic rings. The molecule has 0 fully saturated rings. The summed E-state index contributed by atoms with van der Waals surface area (Å²) in [5.74, 6) is 0.888. The summed E-state index contributed by atoms with van der Waals surface area (Å²) in [6.45, 7) is 5.20. The summed E-state index contributed by atoms with van der Waals surface area (Å²) < 4.78 is 3.92. The molecule has 4 aromatic rings. The van der Waals surface area contributed by atoms with Crippen LogP contribution in [0.2, 0.25) is 5.02 Å². The van der Waals surface area contributed by atoms with E-state index < -0.39 is 0 Å². The second-order valence-electron chi connectivity index (χ2n) is 7.42. The van der Waals surface area contributed by atoms with Gasteiger partial charge in [0.25, 0.3) is 0 Å². The molecule has 0 radical (unpaired) electrons. The first-order chi connectivity index (χ1) is 14.5. The molecule has 154 valence electrons. The molecule has 4 rings (SSSR count). The van der Waals surface area contributed by atoms with Crippen molar-refractivity contribution in [3.05, 3.63) is 76.7 Å². The van der Waals surface area contributed by atoms with E-state index in [4.69, 9.17) is 21.7 Å². The molecule has 7 heteroatoms. The molecule has 0 atom stereocenters. The number of pyridine rings is 1. The predicted molar refractivity (Wildman–Crippen MR) is 119 cm³/mol. The molecule has 0 saturated heterocycles. The zero-order chi connectivity index (χ0) is 21.1. The van der Waals surface area contributed by atoms with E-state index in [0.29, 0.717) is 31.0 Å². The number of hydrogen-bond donors (Lipinski definition) is 1. The van der Waals surface area contributed by atoms with Crippen LogP contribution in [0, 0.1) is 13.8 Å². The standard InChI is InChI=1S/C23H24ClN5O/c1-16-14-17(2)26-22-21(16)23(28-11-3-4-12-28)27-29(22)13-5-6-20(30)25-15-18-7-9-19(24)10-8-18/h3-4,7-12,14H,5-6,13,15H2,1-2H3,(H,25,30). The van der Waals surface area contributed by atoms with Crippen molar-refractivity contribution in [1.29, 1.82) is 0 Å². The van der Waals surface area contributed by atoms with E-state index in [2.05, 4.69) is 18.3 Å². The van der Waals surface area contributed by atoms with Crippen molar-refractivity contribution < 1.29 is 4.79 Å². The van der Waals surface area contributed by atoms with Gasteiger partial charge in [-0.05, 0) is 61.7 Å². The number of amides is 1. The molecular formula is C23H24ClN5O. The molecule has 1 aromatic carbocycles. The Morgan fingerprint density at radius 2 is 1.87 bits per heavy atom. The maximum absolute atomic E-state index is 12.3. The zero-order valence-corrected chi connectivity index (χ0v) is 17.9. The number of nitrogens with one attached hydrogen (secondary N) is 1. The fourth-order valence-electron chi connectivity index (χ4n) is 3.58. The highest BCUT2D eigenvalue weighted by Gasteiger charge is 2.16. The van der Waals surface area contributed by atoms with Gasteiger partial charge in [0, 0.05) is 42.6 Å². The Balaban J connectivity index is 1.44. The Labute approximate surface area is 180 Å². The molecule has 0 aliphatic carbocycles. The summed E-state index contributed by atoms with van der Waals surface area (Å²) >= 11 is 5.89. The minimum Gasteiger partial charge on any atom is -0.352 e. The molecule has 0 aliphatic heterocycles. The van der Waals surface area contributed by atoms with Crippen LogP contribution in [-0.4, -0.2) is 25.2 Å². The molecule has 1 N–H and O–H groups in total. The van der Waals surface area contributed by atoms with Crippen molar-refractivity contribution in [2.24, 2.45) is 0 Å². The van der Waals surface area contributed by atoms with Crippen LogP contribution >= 0.6 is 11.6 Å². The van der Waals surface area contributed by atoms with Gasteiger partial charge in [0.15, 0.2) is 11.5 Å². The molecule has 0 saturated carbocycles. The van der Waals surface area contributed by atoms with E-state index in [1.807, 2.05) is 65.0 Å². The smallest absolute Gasteiger partial charge is 0.220 e. The maximum atomic E-state index is 12.3. The maximum Gasteiger partial charge on any atom is 0.220 e. The molecule has 3 aromatic heterocycles. The summed E-state index contributed by atoms with van der Waals surface area (Å²) in [5.41, 5.74) is 3.99. The molecule has 0 unspecified atom stereocenters. The number of benzene rings is 1. The van der Waals surface area contributed by atoms with E-state index >= 15 is 0 Å². The molecule has 0 spiro atoms. The van der Waals surface area contributed by atoms with E-state index in [-0.39, 0.29) is 5.91 Å². The van der Waals surface area contributed by atoms with Crippen molar-refractivity contribution in [2.75, 3.05) is 0 Å². The normalized spacial score (nSPS) is 11.2. The Bertz CT molecular complexity index is 1160. The fourth-order valence-corrected chi connectivity index (χ4v) is 3.71. The summed E-state index contributed by atoms with van der Waals surface area (Å²) in [6.07, 6.45) is 5.08. The van der Waals surface area contributed by atoms with Crippen LogP contribution in [0.5, 0.6) is 0 Å². The molecule has 1 amide bonds. The minimum absolute atomic E-state index is 0.0207. The largest absolute Gasteiger partial charge is 0.352 e. The van der Waals surface area contributed by atoms with Gasteiger partial charge in [-0.3, -0.25) is 4.79 Å². The summed E-state index contributed by atoms with van der Waals surface area (Å²) in [5, 5.41) is 9.50. The van der Waals surface area contributed by atoms with Crippen molar-refractivity contribution in [3.63, 3.8) is 0 Å². The van der Waals surface area contributed by atoms with Gasteiger partial charge in [0.05, 0.1) is 5.39 Å². The number of rotatable bonds is 7. The van der Waals surface area contributed by atoms with Crippen LogP contribution in [0.3, 0.4) is 0 Å². The highest BCUT2D eigenvalue weighted by molar-refractivity contribution is 6.30. The molecular weight excluding hydrogens is 398 g/mol. The molecule has 0 bridgehead atoms. The number of carbonyl (C=O) groups excluding carboxylic acids is 1. The lowest BCUT2D eigenvalue weighted by atomic mass is 10.2. The Morgan fingerprint density at radius 1 is 1.13 bits per heavy atom. The van der Waals surface area contributed by atoms with Gasteiger partial charge >= 0.3 is 0 Å². The van der Waals surface area contributed by atoms with Crippen molar-refractivity contribution >= 4 is 28.5 Å². The third-order valence-electron chi connectivity index (χ3n) is 5.03. The van der Waals surface area contributed by atoms with E-state index in [9.17, 15) is 4.79 Å². The van der Waals surface area contributed by atoms with Gasteiger partial charge in [-0.15, -0.1) is 0 Å². The number of hydrogen-bond acceptors (Lipinski definition) is 3. The quantitative estimate of drug-likeness (QED) is 0.474. The second kappa shape index (κ2) is 8.71. The number of aromatic nitrogens is 4. The average molecular weight is 422 g/mol. The second-order valence-corrected chi connectivity index (χ2v) is 7.86. The van der Waals surface area contributed by atoms with Crippen molar-refractivity contribution in [2.45, 2.75) is 39.8 Å². The van der Waals surface area contributed by atoms with E-state index in [0.717, 1.165) is 33.7 Å². The van der Waals surface area contributed by atoms with Crippen molar-refractivity contribution in [1.82, 2.24) is 24.6 Å². The van der Waals surface area contributed by atoms with Gasteiger partial charge in [-0.25, -0.2) is 9.67 Å². The summed E-state index contributed by atoms with van der Waals surface area (Å²) in [6, 6.07) is 13.5. The number of carbonyl (C=O) groups is 1. The number of aryl methyl sites for hydroxylation is 3.